The average Bonchev–Trinajstić information content (AvgIpc) is 2.92. The Morgan fingerprint density at radius 3 is 3.36 bits per heavy atom. The van der Waals surface area contributed by atoms with Crippen LogP contribution in [0.2, 0.25) is 0 Å². The van der Waals surface area contributed by atoms with Gasteiger partial charge in [-0.2, -0.15) is 0 Å². The second-order valence-corrected chi connectivity index (χ2v) is 3.05. The van der Waals surface area contributed by atoms with Crippen molar-refractivity contribution < 1.29 is 9.47 Å². The molecule has 1 aliphatic heterocycles. The first-order valence-electron chi connectivity index (χ1n) is 4.33. The number of rotatable bonds is 3. The molecule has 6 nitrogen and oxygen atoms in total. The van der Waals surface area contributed by atoms with Crippen molar-refractivity contribution in [1.82, 2.24) is 19.8 Å². The molecule has 0 N–H and O–H groups in total. The fourth-order valence-electron chi connectivity index (χ4n) is 1.12. The van der Waals surface area contributed by atoms with Crippen LogP contribution in [0, 0.1) is 0 Å². The molecule has 0 aliphatic carbocycles. The van der Waals surface area contributed by atoms with Gasteiger partial charge >= 0.3 is 0 Å². The van der Waals surface area contributed by atoms with Gasteiger partial charge in [0.1, 0.15) is 19.0 Å². The summed E-state index contributed by atoms with van der Waals surface area (Å²) in [7, 11) is 0. The quantitative estimate of drug-likeness (QED) is 0.635. The SMILES string of the molecule is c1nc2ccc(OCC3CO3)nn2n1. The van der Waals surface area contributed by atoms with Crippen LogP contribution in [-0.4, -0.2) is 39.1 Å². The van der Waals surface area contributed by atoms with Gasteiger partial charge in [0.15, 0.2) is 5.65 Å². The van der Waals surface area contributed by atoms with Crippen LogP contribution in [0.4, 0.5) is 0 Å². The fourth-order valence-corrected chi connectivity index (χ4v) is 1.12. The molecule has 2 aromatic heterocycles. The van der Waals surface area contributed by atoms with Crippen molar-refractivity contribution in [1.29, 1.82) is 0 Å². The standard InChI is InChI=1S/C8H8N4O2/c1-2-8(14-4-6-3-13-6)11-12-7(1)9-5-10-12/h1-2,5-6H,3-4H2. The number of hydrogen-bond donors (Lipinski definition) is 0. The van der Waals surface area contributed by atoms with Crippen LogP contribution >= 0.6 is 0 Å². The van der Waals surface area contributed by atoms with Crippen molar-refractivity contribution in [3.63, 3.8) is 0 Å². The van der Waals surface area contributed by atoms with Crippen LogP contribution in [0.15, 0.2) is 18.5 Å². The van der Waals surface area contributed by atoms with E-state index in [1.807, 2.05) is 6.07 Å². The van der Waals surface area contributed by atoms with Gasteiger partial charge in [0.25, 0.3) is 0 Å². The molecule has 0 aromatic carbocycles. The maximum absolute atomic E-state index is 5.38. The first kappa shape index (κ1) is 7.69. The highest BCUT2D eigenvalue weighted by atomic mass is 16.6. The summed E-state index contributed by atoms with van der Waals surface area (Å²) < 4.78 is 11.8. The zero-order chi connectivity index (χ0) is 9.38. The third-order valence-electron chi connectivity index (χ3n) is 1.94. The van der Waals surface area contributed by atoms with E-state index in [9.17, 15) is 0 Å². The molecule has 1 fully saturated rings. The summed E-state index contributed by atoms with van der Waals surface area (Å²) in [5.74, 6) is 0.540. The molecule has 1 unspecified atom stereocenters. The summed E-state index contributed by atoms with van der Waals surface area (Å²) in [6.07, 6.45) is 1.69. The van der Waals surface area contributed by atoms with Gasteiger partial charge in [-0.3, -0.25) is 0 Å². The minimum Gasteiger partial charge on any atom is -0.474 e. The van der Waals surface area contributed by atoms with Crippen LogP contribution in [0.25, 0.3) is 5.65 Å². The van der Waals surface area contributed by atoms with E-state index in [0.717, 1.165) is 6.61 Å². The summed E-state index contributed by atoms with van der Waals surface area (Å²) in [6, 6.07) is 3.58. The van der Waals surface area contributed by atoms with Gasteiger partial charge in [-0.15, -0.1) is 14.8 Å². The highest BCUT2D eigenvalue weighted by molar-refractivity contribution is 5.35. The molecule has 1 atom stereocenters. The Labute approximate surface area is 79.5 Å². The molecule has 6 heteroatoms. The molecule has 0 bridgehead atoms. The van der Waals surface area contributed by atoms with Gasteiger partial charge in [0.2, 0.25) is 5.88 Å². The molecule has 0 spiro atoms. The summed E-state index contributed by atoms with van der Waals surface area (Å²) in [5.41, 5.74) is 0.708. The maximum Gasteiger partial charge on any atom is 0.233 e. The van der Waals surface area contributed by atoms with E-state index in [1.165, 1.54) is 11.0 Å². The summed E-state index contributed by atoms with van der Waals surface area (Å²) >= 11 is 0. The van der Waals surface area contributed by atoms with Crippen LogP contribution in [0.5, 0.6) is 5.88 Å². The van der Waals surface area contributed by atoms with Crippen molar-refractivity contribution in [2.45, 2.75) is 6.10 Å². The molecule has 1 saturated heterocycles. The van der Waals surface area contributed by atoms with E-state index in [1.54, 1.807) is 6.07 Å². The Morgan fingerprint density at radius 2 is 2.50 bits per heavy atom. The highest BCUT2D eigenvalue weighted by Gasteiger charge is 2.23. The zero-order valence-corrected chi connectivity index (χ0v) is 7.33. The Bertz CT molecular complexity index is 451. The van der Waals surface area contributed by atoms with E-state index in [0.29, 0.717) is 18.1 Å². The van der Waals surface area contributed by atoms with Crippen LogP contribution in [-0.2, 0) is 4.74 Å². The van der Waals surface area contributed by atoms with Crippen molar-refractivity contribution in [2.75, 3.05) is 13.2 Å². The predicted molar refractivity (Wildman–Crippen MR) is 46.0 cm³/mol. The molecule has 0 amide bonds. The number of aromatic nitrogens is 4. The fraction of sp³-hybridized carbons (Fsp3) is 0.375. The van der Waals surface area contributed by atoms with Crippen molar-refractivity contribution >= 4 is 5.65 Å². The first-order chi connectivity index (χ1) is 6.92. The molecular formula is C8H8N4O2. The average molecular weight is 192 g/mol. The lowest BCUT2D eigenvalue weighted by atomic mass is 10.5. The summed E-state index contributed by atoms with van der Waals surface area (Å²) in [6.45, 7) is 1.33. The topological polar surface area (TPSA) is 64.8 Å². The molecule has 72 valence electrons. The van der Waals surface area contributed by atoms with Crippen LogP contribution in [0.3, 0.4) is 0 Å². The number of fused-ring (bicyclic) bond motifs is 1. The van der Waals surface area contributed by atoms with E-state index < -0.39 is 0 Å². The summed E-state index contributed by atoms with van der Waals surface area (Å²) in [4.78, 5) is 3.98. The van der Waals surface area contributed by atoms with Crippen LogP contribution < -0.4 is 4.74 Å². The maximum atomic E-state index is 5.38. The number of hydrogen-bond acceptors (Lipinski definition) is 5. The molecule has 3 rings (SSSR count). The van der Waals surface area contributed by atoms with Gasteiger partial charge in [0, 0.05) is 6.07 Å². The Morgan fingerprint density at radius 1 is 1.57 bits per heavy atom. The lowest BCUT2D eigenvalue weighted by Gasteiger charge is -2.01. The molecule has 0 saturated carbocycles. The first-order valence-corrected chi connectivity index (χ1v) is 4.33. The van der Waals surface area contributed by atoms with Gasteiger partial charge in [-0.1, -0.05) is 0 Å². The van der Waals surface area contributed by atoms with Gasteiger partial charge < -0.3 is 9.47 Å². The second kappa shape index (κ2) is 2.91. The third kappa shape index (κ3) is 1.39. The largest absolute Gasteiger partial charge is 0.474 e. The molecular weight excluding hydrogens is 184 g/mol. The van der Waals surface area contributed by atoms with E-state index >= 15 is 0 Å². The van der Waals surface area contributed by atoms with Gasteiger partial charge in [-0.25, -0.2) is 4.98 Å². The Hall–Kier alpha value is -1.69. The summed E-state index contributed by atoms with van der Waals surface area (Å²) in [5, 5.41) is 8.01. The second-order valence-electron chi connectivity index (χ2n) is 3.05. The Balaban J connectivity index is 1.81. The monoisotopic (exact) mass is 192 g/mol. The minimum atomic E-state index is 0.239. The van der Waals surface area contributed by atoms with Crippen LogP contribution in [0.1, 0.15) is 0 Å². The third-order valence-corrected chi connectivity index (χ3v) is 1.94. The molecule has 2 aromatic rings. The number of epoxide rings is 1. The zero-order valence-electron chi connectivity index (χ0n) is 7.33. The minimum absolute atomic E-state index is 0.239. The smallest absolute Gasteiger partial charge is 0.233 e. The number of ether oxygens (including phenoxy) is 2. The molecule has 0 radical (unpaired) electrons. The number of nitrogens with zero attached hydrogens (tertiary/aromatic N) is 4. The lowest BCUT2D eigenvalue weighted by molar-refractivity contribution is 0.251. The molecule has 14 heavy (non-hydrogen) atoms. The van der Waals surface area contributed by atoms with E-state index in [4.69, 9.17) is 9.47 Å². The highest BCUT2D eigenvalue weighted by Crippen LogP contribution is 2.12. The van der Waals surface area contributed by atoms with Gasteiger partial charge in [0.05, 0.1) is 6.61 Å². The molecule has 3 heterocycles. The van der Waals surface area contributed by atoms with E-state index in [-0.39, 0.29) is 6.10 Å². The van der Waals surface area contributed by atoms with Gasteiger partial charge in [-0.05, 0) is 6.07 Å². The normalized spacial score (nSPS) is 19.9. The Kier molecular flexibility index (Phi) is 1.60. The van der Waals surface area contributed by atoms with E-state index in [2.05, 4.69) is 15.2 Å². The van der Waals surface area contributed by atoms with Crippen molar-refractivity contribution in [3.8, 4) is 5.88 Å². The molecule has 1 aliphatic rings. The lowest BCUT2D eigenvalue weighted by Crippen LogP contribution is -2.07. The van der Waals surface area contributed by atoms with Crippen molar-refractivity contribution in [3.05, 3.63) is 18.5 Å². The predicted octanol–water partition coefficient (Wildman–Crippen LogP) is -0.0981. The van der Waals surface area contributed by atoms with Crippen molar-refractivity contribution in [2.24, 2.45) is 0 Å².